The van der Waals surface area contributed by atoms with Crippen LogP contribution in [0.3, 0.4) is 0 Å². The Kier molecular flexibility index (Phi) is 3.89. The van der Waals surface area contributed by atoms with Gasteiger partial charge in [-0.15, -0.1) is 0 Å². The van der Waals surface area contributed by atoms with Crippen LogP contribution in [-0.2, 0) is 10.0 Å². The Hall–Kier alpha value is -0.130. The van der Waals surface area contributed by atoms with Gasteiger partial charge in [-0.2, -0.15) is 0 Å². The van der Waals surface area contributed by atoms with Crippen LogP contribution in [0.15, 0.2) is 0 Å². The highest BCUT2D eigenvalue weighted by Gasteiger charge is 2.52. The second-order valence-corrected chi connectivity index (χ2v) is 9.56. The van der Waals surface area contributed by atoms with Crippen molar-refractivity contribution in [3.8, 4) is 0 Å². The quantitative estimate of drug-likeness (QED) is 0.787. The van der Waals surface area contributed by atoms with E-state index in [0.29, 0.717) is 6.54 Å². The Morgan fingerprint density at radius 3 is 2.05 bits per heavy atom. The van der Waals surface area contributed by atoms with Crippen LogP contribution in [-0.4, -0.2) is 32.3 Å². The van der Waals surface area contributed by atoms with E-state index in [9.17, 15) is 8.42 Å². The predicted molar refractivity (Wildman–Crippen MR) is 81.0 cm³/mol. The van der Waals surface area contributed by atoms with Gasteiger partial charge in [0.1, 0.15) is 0 Å². The Bertz CT molecular complexity index is 425. The average Bonchev–Trinajstić information content (AvgIpc) is 2.32. The van der Waals surface area contributed by atoms with Crippen LogP contribution < -0.4 is 10.0 Å². The highest BCUT2D eigenvalue weighted by Crippen LogP contribution is 2.55. The zero-order valence-electron chi connectivity index (χ0n) is 12.7. The summed E-state index contributed by atoms with van der Waals surface area (Å²) in [5.74, 6) is 2.31. The van der Waals surface area contributed by atoms with E-state index in [2.05, 4.69) is 10.0 Å². The predicted octanol–water partition coefficient (Wildman–Crippen LogP) is 1.87. The van der Waals surface area contributed by atoms with E-state index in [1.54, 1.807) is 0 Å². The van der Waals surface area contributed by atoms with Gasteiger partial charge in [0.05, 0.1) is 5.25 Å². The third-order valence-corrected chi connectivity index (χ3v) is 7.55. The molecule has 4 rings (SSSR count). The maximum Gasteiger partial charge on any atom is 0.215 e. The summed E-state index contributed by atoms with van der Waals surface area (Å²) in [7, 11) is -3.21. The minimum Gasteiger partial charge on any atom is -0.316 e. The average molecular weight is 300 g/mol. The number of nitrogens with one attached hydrogen (secondary N) is 2. The van der Waals surface area contributed by atoms with Crippen molar-refractivity contribution in [2.24, 2.45) is 17.8 Å². The molecule has 4 aliphatic carbocycles. The van der Waals surface area contributed by atoms with Crippen molar-refractivity contribution in [2.45, 2.75) is 63.2 Å². The summed E-state index contributed by atoms with van der Waals surface area (Å²) in [6.07, 6.45) is 7.25. The topological polar surface area (TPSA) is 58.2 Å². The summed E-state index contributed by atoms with van der Waals surface area (Å²) < 4.78 is 28.3. The molecule has 0 saturated heterocycles. The molecule has 4 aliphatic rings. The summed E-state index contributed by atoms with van der Waals surface area (Å²) in [6.45, 7) is 5.17. The lowest BCUT2D eigenvalue weighted by Gasteiger charge is -2.56. The summed E-state index contributed by atoms with van der Waals surface area (Å²) in [6, 6.07) is 0. The van der Waals surface area contributed by atoms with Crippen molar-refractivity contribution >= 4 is 10.0 Å². The molecular weight excluding hydrogens is 272 g/mol. The molecule has 5 heteroatoms. The van der Waals surface area contributed by atoms with Crippen LogP contribution in [0.1, 0.15) is 52.4 Å². The van der Waals surface area contributed by atoms with E-state index in [1.807, 2.05) is 13.8 Å². The van der Waals surface area contributed by atoms with Gasteiger partial charge in [0, 0.05) is 12.1 Å². The number of hydrogen-bond acceptors (Lipinski definition) is 3. The standard InChI is InChI=1S/C15H28N2O2S/c1-3-16-10-11(2)20(18,19)17-15-7-12-4-13(8-15)6-14(5-12)9-15/h11-14,16-17H,3-10H2,1-2H3. The fourth-order valence-corrected chi connectivity index (χ4v) is 6.49. The van der Waals surface area contributed by atoms with E-state index in [-0.39, 0.29) is 10.8 Å². The Labute approximate surface area is 123 Å². The highest BCUT2D eigenvalue weighted by atomic mass is 32.2. The molecular formula is C15H28N2O2S. The maximum absolute atomic E-state index is 12.6. The molecule has 0 amide bonds. The van der Waals surface area contributed by atoms with E-state index in [1.165, 1.54) is 19.3 Å². The zero-order chi connectivity index (χ0) is 14.4. The van der Waals surface area contributed by atoms with Crippen molar-refractivity contribution < 1.29 is 8.42 Å². The Morgan fingerprint density at radius 1 is 1.10 bits per heavy atom. The first-order valence-corrected chi connectivity index (χ1v) is 9.70. The first-order valence-electron chi connectivity index (χ1n) is 8.16. The Balaban J connectivity index is 1.70. The summed E-state index contributed by atoms with van der Waals surface area (Å²) in [5.41, 5.74) is -0.103. The lowest BCUT2D eigenvalue weighted by Crippen LogP contribution is -2.61. The monoisotopic (exact) mass is 300 g/mol. The van der Waals surface area contributed by atoms with Crippen molar-refractivity contribution in [1.82, 2.24) is 10.0 Å². The minimum absolute atomic E-state index is 0.103. The summed E-state index contributed by atoms with van der Waals surface area (Å²) in [4.78, 5) is 0. The smallest absolute Gasteiger partial charge is 0.215 e. The molecule has 0 aromatic heterocycles. The van der Waals surface area contributed by atoms with Gasteiger partial charge in [0.25, 0.3) is 0 Å². The molecule has 0 aliphatic heterocycles. The van der Waals surface area contributed by atoms with Crippen LogP contribution in [0.2, 0.25) is 0 Å². The van der Waals surface area contributed by atoms with Gasteiger partial charge in [0.15, 0.2) is 0 Å². The van der Waals surface area contributed by atoms with Gasteiger partial charge < -0.3 is 5.32 Å². The normalized spacial score (nSPS) is 41.0. The van der Waals surface area contributed by atoms with Gasteiger partial charge >= 0.3 is 0 Å². The van der Waals surface area contributed by atoms with E-state index in [4.69, 9.17) is 0 Å². The molecule has 0 aromatic carbocycles. The van der Waals surface area contributed by atoms with Gasteiger partial charge in [-0.1, -0.05) is 6.92 Å². The van der Waals surface area contributed by atoms with E-state index in [0.717, 1.165) is 43.6 Å². The number of rotatable bonds is 6. The van der Waals surface area contributed by atoms with Crippen LogP contribution in [0.25, 0.3) is 0 Å². The summed E-state index contributed by atoms with van der Waals surface area (Å²) in [5, 5.41) is 2.79. The molecule has 0 heterocycles. The SMILES string of the molecule is CCNCC(C)S(=O)(=O)NC12CC3CC(CC(C3)C1)C2. The molecule has 1 unspecified atom stereocenters. The molecule has 4 bridgehead atoms. The fourth-order valence-electron chi connectivity index (χ4n) is 5.10. The lowest BCUT2D eigenvalue weighted by molar-refractivity contribution is -0.00820. The van der Waals surface area contributed by atoms with Crippen molar-refractivity contribution in [3.63, 3.8) is 0 Å². The van der Waals surface area contributed by atoms with Crippen molar-refractivity contribution in [1.29, 1.82) is 0 Å². The molecule has 4 fully saturated rings. The van der Waals surface area contributed by atoms with Gasteiger partial charge in [0.2, 0.25) is 10.0 Å². The molecule has 4 saturated carbocycles. The van der Waals surface area contributed by atoms with Gasteiger partial charge in [-0.25, -0.2) is 13.1 Å². The van der Waals surface area contributed by atoms with Crippen LogP contribution in [0.5, 0.6) is 0 Å². The first-order chi connectivity index (χ1) is 9.42. The zero-order valence-corrected chi connectivity index (χ0v) is 13.5. The highest BCUT2D eigenvalue weighted by molar-refractivity contribution is 7.90. The maximum atomic E-state index is 12.6. The molecule has 0 spiro atoms. The van der Waals surface area contributed by atoms with Crippen molar-refractivity contribution in [3.05, 3.63) is 0 Å². The molecule has 20 heavy (non-hydrogen) atoms. The van der Waals surface area contributed by atoms with Crippen LogP contribution >= 0.6 is 0 Å². The molecule has 0 aromatic rings. The molecule has 0 radical (unpaired) electrons. The fraction of sp³-hybridized carbons (Fsp3) is 1.00. The molecule has 116 valence electrons. The third kappa shape index (κ3) is 2.77. The largest absolute Gasteiger partial charge is 0.316 e. The molecule has 2 N–H and O–H groups in total. The number of hydrogen-bond donors (Lipinski definition) is 2. The van der Waals surface area contributed by atoms with Gasteiger partial charge in [-0.3, -0.25) is 0 Å². The van der Waals surface area contributed by atoms with Crippen LogP contribution in [0, 0.1) is 17.8 Å². The van der Waals surface area contributed by atoms with Crippen molar-refractivity contribution in [2.75, 3.05) is 13.1 Å². The van der Waals surface area contributed by atoms with E-state index < -0.39 is 10.0 Å². The minimum atomic E-state index is -3.21. The second kappa shape index (κ2) is 5.25. The Morgan fingerprint density at radius 2 is 1.60 bits per heavy atom. The first kappa shape index (κ1) is 14.8. The third-order valence-electron chi connectivity index (χ3n) is 5.61. The second-order valence-electron chi connectivity index (χ2n) is 7.46. The molecule has 4 nitrogen and oxygen atoms in total. The van der Waals surface area contributed by atoms with E-state index >= 15 is 0 Å². The lowest BCUT2D eigenvalue weighted by atomic mass is 9.53. The number of sulfonamides is 1. The molecule has 1 atom stereocenters. The van der Waals surface area contributed by atoms with Crippen LogP contribution in [0.4, 0.5) is 0 Å². The summed E-state index contributed by atoms with van der Waals surface area (Å²) >= 11 is 0. The van der Waals surface area contributed by atoms with Gasteiger partial charge in [-0.05, 0) is 69.7 Å².